The molecule has 1 aromatic rings. The number of aromatic hydroxyl groups is 1. The van der Waals surface area contributed by atoms with E-state index >= 15 is 0 Å². The Bertz CT molecular complexity index is 488. The van der Waals surface area contributed by atoms with Crippen LogP contribution in [-0.4, -0.2) is 16.2 Å². The standard InChI is InChI=1S/C22H36O3.Zn/c1-2-3-4-5-6-7-8-9-10-11-12-13-14-15-19-16-17-20(22(24)25)21(23)18-19;/h16-18,23H,2-15H2,1H3,(H,24,25);. The van der Waals surface area contributed by atoms with E-state index in [2.05, 4.69) is 6.92 Å². The minimum Gasteiger partial charge on any atom is -0.507 e. The summed E-state index contributed by atoms with van der Waals surface area (Å²) >= 11 is 0. The van der Waals surface area contributed by atoms with Crippen LogP contribution in [0.3, 0.4) is 0 Å². The molecule has 0 unspecified atom stereocenters. The molecule has 4 heteroatoms. The van der Waals surface area contributed by atoms with Crippen LogP contribution in [0.2, 0.25) is 0 Å². The fourth-order valence-corrected chi connectivity index (χ4v) is 3.26. The van der Waals surface area contributed by atoms with Gasteiger partial charge in [-0.1, -0.05) is 90.0 Å². The van der Waals surface area contributed by atoms with Gasteiger partial charge < -0.3 is 10.2 Å². The predicted molar refractivity (Wildman–Crippen MR) is 104 cm³/mol. The third-order valence-corrected chi connectivity index (χ3v) is 4.86. The maximum absolute atomic E-state index is 10.9. The molecule has 0 aliphatic carbocycles. The molecule has 0 fully saturated rings. The van der Waals surface area contributed by atoms with Crippen LogP contribution in [0.25, 0.3) is 0 Å². The Hall–Kier alpha value is -0.887. The van der Waals surface area contributed by atoms with Crippen molar-refractivity contribution < 1.29 is 34.5 Å². The number of aromatic carboxylic acids is 1. The molecule has 0 spiro atoms. The Labute approximate surface area is 172 Å². The van der Waals surface area contributed by atoms with Gasteiger partial charge in [-0.25, -0.2) is 4.79 Å². The van der Waals surface area contributed by atoms with Gasteiger partial charge in [-0.2, -0.15) is 0 Å². The quantitative estimate of drug-likeness (QED) is 0.248. The van der Waals surface area contributed by atoms with Gasteiger partial charge in [0.2, 0.25) is 0 Å². The molecule has 0 bridgehead atoms. The summed E-state index contributed by atoms with van der Waals surface area (Å²) in [6.45, 7) is 2.26. The van der Waals surface area contributed by atoms with Gasteiger partial charge in [0.25, 0.3) is 0 Å². The normalized spacial score (nSPS) is 10.5. The number of rotatable bonds is 15. The molecule has 144 valence electrons. The molecular weight excluding hydrogens is 378 g/mol. The summed E-state index contributed by atoms with van der Waals surface area (Å²) in [5.74, 6) is -1.20. The van der Waals surface area contributed by atoms with Crippen LogP contribution in [0.1, 0.15) is 106 Å². The first-order chi connectivity index (χ1) is 12.1. The fraction of sp³-hybridized carbons (Fsp3) is 0.682. The van der Waals surface area contributed by atoms with E-state index in [1.54, 1.807) is 6.07 Å². The molecule has 1 rings (SSSR count). The van der Waals surface area contributed by atoms with E-state index in [1.165, 1.54) is 83.1 Å². The molecule has 0 amide bonds. The number of carbonyl (C=O) groups is 1. The first-order valence-electron chi connectivity index (χ1n) is 10.2. The van der Waals surface area contributed by atoms with Gasteiger partial charge in [-0.05, 0) is 30.5 Å². The van der Waals surface area contributed by atoms with E-state index in [0.717, 1.165) is 18.4 Å². The van der Waals surface area contributed by atoms with E-state index < -0.39 is 5.97 Å². The van der Waals surface area contributed by atoms with Crippen molar-refractivity contribution in [3.63, 3.8) is 0 Å². The topological polar surface area (TPSA) is 57.5 Å². The summed E-state index contributed by atoms with van der Waals surface area (Å²) in [6, 6.07) is 4.89. The second-order valence-electron chi connectivity index (χ2n) is 7.15. The predicted octanol–water partition coefficient (Wildman–Crippen LogP) is 6.72. The van der Waals surface area contributed by atoms with Gasteiger partial charge in [-0.15, -0.1) is 0 Å². The van der Waals surface area contributed by atoms with E-state index in [-0.39, 0.29) is 30.8 Å². The molecule has 0 radical (unpaired) electrons. The average molecular weight is 414 g/mol. The van der Waals surface area contributed by atoms with Crippen LogP contribution in [0, 0.1) is 0 Å². The summed E-state index contributed by atoms with van der Waals surface area (Å²) in [4.78, 5) is 10.9. The van der Waals surface area contributed by atoms with Crippen LogP contribution >= 0.6 is 0 Å². The van der Waals surface area contributed by atoms with Crippen molar-refractivity contribution in [1.82, 2.24) is 0 Å². The van der Waals surface area contributed by atoms with E-state index in [1.807, 2.05) is 6.07 Å². The maximum Gasteiger partial charge on any atom is 0.339 e. The van der Waals surface area contributed by atoms with Crippen molar-refractivity contribution in [2.24, 2.45) is 0 Å². The Morgan fingerprint density at radius 1 is 0.808 bits per heavy atom. The third-order valence-electron chi connectivity index (χ3n) is 4.86. The molecular formula is C22H36O3Zn. The zero-order valence-corrected chi connectivity index (χ0v) is 19.6. The zero-order valence-electron chi connectivity index (χ0n) is 16.6. The van der Waals surface area contributed by atoms with Crippen molar-refractivity contribution in [3.05, 3.63) is 29.3 Å². The summed E-state index contributed by atoms with van der Waals surface area (Å²) in [7, 11) is 0. The SMILES string of the molecule is CCCCCCCCCCCCCCCc1ccc(C(=O)O)c(O)c1.[Zn]. The number of hydrogen-bond donors (Lipinski definition) is 2. The van der Waals surface area contributed by atoms with Gasteiger partial charge in [0.1, 0.15) is 11.3 Å². The molecule has 2 N–H and O–H groups in total. The number of hydrogen-bond acceptors (Lipinski definition) is 2. The van der Waals surface area contributed by atoms with Crippen molar-refractivity contribution in [1.29, 1.82) is 0 Å². The number of aryl methyl sites for hydroxylation is 1. The van der Waals surface area contributed by atoms with Gasteiger partial charge in [-0.3, -0.25) is 0 Å². The van der Waals surface area contributed by atoms with Crippen molar-refractivity contribution in [2.45, 2.75) is 96.8 Å². The van der Waals surface area contributed by atoms with E-state index in [4.69, 9.17) is 5.11 Å². The molecule has 3 nitrogen and oxygen atoms in total. The summed E-state index contributed by atoms with van der Waals surface area (Å²) < 4.78 is 0. The Morgan fingerprint density at radius 2 is 1.27 bits per heavy atom. The maximum atomic E-state index is 10.9. The molecule has 26 heavy (non-hydrogen) atoms. The largest absolute Gasteiger partial charge is 0.507 e. The molecule has 0 saturated heterocycles. The first-order valence-corrected chi connectivity index (χ1v) is 10.2. The smallest absolute Gasteiger partial charge is 0.339 e. The number of phenols is 1. The molecule has 0 aliphatic rings. The Morgan fingerprint density at radius 3 is 1.69 bits per heavy atom. The van der Waals surface area contributed by atoms with Crippen molar-refractivity contribution in [3.8, 4) is 5.75 Å². The van der Waals surface area contributed by atoms with Crippen LogP contribution in [-0.2, 0) is 25.9 Å². The van der Waals surface area contributed by atoms with Crippen LogP contribution in [0.15, 0.2) is 18.2 Å². The van der Waals surface area contributed by atoms with Crippen LogP contribution in [0.5, 0.6) is 5.75 Å². The molecule has 0 aliphatic heterocycles. The minimum atomic E-state index is -1.08. The summed E-state index contributed by atoms with van der Waals surface area (Å²) in [6.07, 6.45) is 18.3. The minimum absolute atomic E-state index is 0. The zero-order chi connectivity index (χ0) is 18.3. The van der Waals surface area contributed by atoms with Crippen molar-refractivity contribution in [2.75, 3.05) is 0 Å². The van der Waals surface area contributed by atoms with Gasteiger partial charge in [0.15, 0.2) is 0 Å². The monoisotopic (exact) mass is 412 g/mol. The second-order valence-corrected chi connectivity index (χ2v) is 7.15. The summed E-state index contributed by atoms with van der Waals surface area (Å²) in [5.41, 5.74) is 1.000. The number of unbranched alkanes of at least 4 members (excludes halogenated alkanes) is 12. The molecule has 1 aromatic carbocycles. The number of carboxylic acids is 1. The molecule has 0 heterocycles. The number of benzene rings is 1. The second kappa shape index (κ2) is 16.3. The van der Waals surface area contributed by atoms with Gasteiger partial charge in [0.05, 0.1) is 0 Å². The Kier molecular flexibility index (Phi) is 15.7. The van der Waals surface area contributed by atoms with E-state index in [0.29, 0.717) is 0 Å². The molecule has 0 atom stereocenters. The van der Waals surface area contributed by atoms with Gasteiger partial charge >= 0.3 is 5.97 Å². The van der Waals surface area contributed by atoms with Gasteiger partial charge in [0, 0.05) is 19.5 Å². The fourth-order valence-electron chi connectivity index (χ4n) is 3.26. The average Bonchev–Trinajstić information content (AvgIpc) is 2.58. The van der Waals surface area contributed by atoms with Crippen LogP contribution < -0.4 is 0 Å². The third kappa shape index (κ3) is 11.7. The van der Waals surface area contributed by atoms with E-state index in [9.17, 15) is 9.90 Å². The number of carboxylic acid groups (broad SMARTS) is 1. The molecule has 0 aromatic heterocycles. The summed E-state index contributed by atoms with van der Waals surface area (Å²) in [5, 5.41) is 18.6. The van der Waals surface area contributed by atoms with Crippen molar-refractivity contribution >= 4 is 5.97 Å². The van der Waals surface area contributed by atoms with Crippen LogP contribution in [0.4, 0.5) is 0 Å². The Balaban J connectivity index is 0.00000625. The first kappa shape index (κ1) is 25.1. The molecule has 0 saturated carbocycles.